The van der Waals surface area contributed by atoms with E-state index in [-0.39, 0.29) is 17.1 Å². The van der Waals surface area contributed by atoms with Gasteiger partial charge >= 0.3 is 11.9 Å². The van der Waals surface area contributed by atoms with Crippen molar-refractivity contribution in [3.05, 3.63) is 23.8 Å². The van der Waals surface area contributed by atoms with E-state index in [4.69, 9.17) is 9.84 Å². The fourth-order valence-electron chi connectivity index (χ4n) is 1.30. The van der Waals surface area contributed by atoms with Crippen LogP contribution < -0.4 is 4.74 Å². The van der Waals surface area contributed by atoms with Gasteiger partial charge in [-0.1, -0.05) is 6.07 Å². The second-order valence-corrected chi connectivity index (χ2v) is 3.26. The summed E-state index contributed by atoms with van der Waals surface area (Å²) in [5.41, 5.74) is 0.158. The van der Waals surface area contributed by atoms with Crippen molar-refractivity contribution in [2.24, 2.45) is 0 Å². The predicted molar refractivity (Wildman–Crippen MR) is 56.8 cm³/mol. The van der Waals surface area contributed by atoms with Crippen molar-refractivity contribution < 1.29 is 29.3 Å². The third-order valence-corrected chi connectivity index (χ3v) is 2.01. The molecule has 0 aliphatic carbocycles. The Morgan fingerprint density at radius 3 is 2.41 bits per heavy atom. The van der Waals surface area contributed by atoms with Crippen molar-refractivity contribution in [1.82, 2.24) is 0 Å². The number of carbonyl (C=O) groups is 2. The van der Waals surface area contributed by atoms with E-state index in [9.17, 15) is 14.7 Å². The molecule has 0 heterocycles. The van der Waals surface area contributed by atoms with Gasteiger partial charge in [0.25, 0.3) is 0 Å². The minimum atomic E-state index is -1.44. The maximum absolute atomic E-state index is 10.9. The number of hydrogen-bond donors (Lipinski definition) is 2. The Hall–Kier alpha value is -2.24. The number of aromatic hydroxyl groups is 1. The van der Waals surface area contributed by atoms with E-state index in [1.165, 1.54) is 25.3 Å². The lowest BCUT2D eigenvalue weighted by Crippen LogP contribution is -2.17. The lowest BCUT2D eigenvalue weighted by atomic mass is 10.1. The molecular weight excluding hydrogens is 228 g/mol. The third-order valence-electron chi connectivity index (χ3n) is 2.01. The van der Waals surface area contributed by atoms with Crippen LogP contribution in [0, 0.1) is 0 Å². The van der Waals surface area contributed by atoms with Crippen LogP contribution in [0.3, 0.4) is 0 Å². The number of phenolic OH excluding ortho intramolecular Hbond substituents is 1. The lowest BCUT2D eigenvalue weighted by molar-refractivity contribution is -0.163. The first-order valence-electron chi connectivity index (χ1n) is 4.72. The minimum absolute atomic E-state index is 0.158. The van der Waals surface area contributed by atoms with Crippen LogP contribution in [0.15, 0.2) is 18.2 Å². The van der Waals surface area contributed by atoms with Crippen LogP contribution in [0.25, 0.3) is 0 Å². The van der Waals surface area contributed by atoms with Crippen molar-refractivity contribution in [3.63, 3.8) is 0 Å². The normalized spacial score (nSPS) is 11.6. The average Bonchev–Trinajstić information content (AvgIpc) is 2.25. The van der Waals surface area contributed by atoms with Crippen LogP contribution in [0.4, 0.5) is 0 Å². The number of esters is 1. The molecule has 0 aliphatic heterocycles. The van der Waals surface area contributed by atoms with Crippen molar-refractivity contribution in [2.75, 3.05) is 7.11 Å². The summed E-state index contributed by atoms with van der Waals surface area (Å²) in [6, 6.07) is 3.98. The Balaban J connectivity index is 3.06. The van der Waals surface area contributed by atoms with Gasteiger partial charge in [-0.3, -0.25) is 4.79 Å². The Morgan fingerprint density at radius 2 is 2.00 bits per heavy atom. The molecule has 1 atom stereocenters. The van der Waals surface area contributed by atoms with Gasteiger partial charge in [0.15, 0.2) is 11.5 Å². The number of carbonyl (C=O) groups excluding carboxylic acids is 1. The third kappa shape index (κ3) is 3.10. The zero-order valence-corrected chi connectivity index (χ0v) is 9.34. The van der Waals surface area contributed by atoms with Gasteiger partial charge in [0.1, 0.15) is 0 Å². The van der Waals surface area contributed by atoms with Gasteiger partial charge in [0, 0.05) is 12.5 Å². The molecule has 6 heteroatoms. The Kier molecular flexibility index (Phi) is 3.92. The molecule has 0 aromatic heterocycles. The summed E-state index contributed by atoms with van der Waals surface area (Å²) in [4.78, 5) is 21.7. The molecule has 1 unspecified atom stereocenters. The topological polar surface area (TPSA) is 93.1 Å². The number of carboxylic acid groups (broad SMARTS) is 1. The molecule has 1 aromatic carbocycles. The lowest BCUT2D eigenvalue weighted by Gasteiger charge is -2.13. The maximum atomic E-state index is 10.9. The predicted octanol–water partition coefficient (Wildman–Crippen LogP) is 1.09. The molecule has 6 nitrogen and oxygen atoms in total. The fraction of sp³-hybridized carbons (Fsp3) is 0.273. The highest BCUT2D eigenvalue weighted by Gasteiger charge is 2.24. The number of aliphatic carboxylic acids is 1. The number of benzene rings is 1. The van der Waals surface area contributed by atoms with E-state index in [0.29, 0.717) is 0 Å². The fourth-order valence-corrected chi connectivity index (χ4v) is 1.30. The zero-order valence-electron chi connectivity index (χ0n) is 9.34. The molecule has 1 aromatic rings. The van der Waals surface area contributed by atoms with Gasteiger partial charge in [-0.2, -0.15) is 0 Å². The van der Waals surface area contributed by atoms with Gasteiger partial charge < -0.3 is 19.7 Å². The first-order valence-corrected chi connectivity index (χ1v) is 4.72. The van der Waals surface area contributed by atoms with Gasteiger partial charge in [0.05, 0.1) is 7.11 Å². The molecule has 1 rings (SSSR count). The smallest absolute Gasteiger partial charge is 0.349 e. The summed E-state index contributed by atoms with van der Waals surface area (Å²) in [6.45, 7) is 1.11. The quantitative estimate of drug-likeness (QED) is 0.765. The number of ether oxygens (including phenoxy) is 2. The molecule has 0 saturated carbocycles. The molecule has 0 amide bonds. The summed E-state index contributed by atoms with van der Waals surface area (Å²) in [6.07, 6.45) is -1.44. The van der Waals surface area contributed by atoms with Crippen molar-refractivity contribution in [2.45, 2.75) is 13.0 Å². The molecule has 2 N–H and O–H groups in total. The van der Waals surface area contributed by atoms with E-state index in [2.05, 4.69) is 4.74 Å². The molecule has 92 valence electrons. The van der Waals surface area contributed by atoms with Gasteiger partial charge in [-0.15, -0.1) is 0 Å². The molecule has 0 radical (unpaired) electrons. The molecule has 0 bridgehead atoms. The Bertz CT molecular complexity index is 440. The monoisotopic (exact) mass is 240 g/mol. The summed E-state index contributed by atoms with van der Waals surface area (Å²) < 4.78 is 9.45. The van der Waals surface area contributed by atoms with E-state index >= 15 is 0 Å². The largest absolute Gasteiger partial charge is 0.504 e. The van der Waals surface area contributed by atoms with Crippen LogP contribution in [-0.2, 0) is 14.3 Å². The van der Waals surface area contributed by atoms with Gasteiger partial charge in [0.2, 0.25) is 6.10 Å². The van der Waals surface area contributed by atoms with Crippen LogP contribution in [0.1, 0.15) is 18.6 Å². The maximum Gasteiger partial charge on any atom is 0.349 e. The molecular formula is C11H12O6. The SMILES string of the molecule is COc1ccc(C(OC(C)=O)C(=O)O)cc1O. The second kappa shape index (κ2) is 5.20. The van der Waals surface area contributed by atoms with E-state index < -0.39 is 18.0 Å². The van der Waals surface area contributed by atoms with Crippen LogP contribution >= 0.6 is 0 Å². The summed E-state index contributed by atoms with van der Waals surface area (Å²) in [5, 5.41) is 18.4. The molecule has 0 spiro atoms. The molecule has 0 aliphatic rings. The van der Waals surface area contributed by atoms with Crippen molar-refractivity contribution in [1.29, 1.82) is 0 Å². The first-order chi connectivity index (χ1) is 7.95. The zero-order chi connectivity index (χ0) is 13.0. The van der Waals surface area contributed by atoms with E-state index in [1.54, 1.807) is 0 Å². The summed E-state index contributed by atoms with van der Waals surface area (Å²) in [5.74, 6) is -2.04. The van der Waals surface area contributed by atoms with Crippen LogP contribution in [0.5, 0.6) is 11.5 Å². The van der Waals surface area contributed by atoms with Crippen molar-refractivity contribution in [3.8, 4) is 11.5 Å². The first kappa shape index (κ1) is 12.8. The number of rotatable bonds is 4. The Labute approximate surface area is 97.4 Å². The standard InChI is InChI=1S/C11H12O6/c1-6(12)17-10(11(14)15)7-3-4-9(16-2)8(13)5-7/h3-5,10,13H,1-2H3,(H,14,15). The molecule has 0 saturated heterocycles. The summed E-state index contributed by atoms with van der Waals surface area (Å²) >= 11 is 0. The highest BCUT2D eigenvalue weighted by molar-refractivity contribution is 5.78. The molecule has 17 heavy (non-hydrogen) atoms. The van der Waals surface area contributed by atoms with Crippen LogP contribution in [-0.4, -0.2) is 29.3 Å². The average molecular weight is 240 g/mol. The van der Waals surface area contributed by atoms with Gasteiger partial charge in [-0.05, 0) is 12.1 Å². The molecule has 0 fully saturated rings. The highest BCUT2D eigenvalue weighted by atomic mass is 16.6. The van der Waals surface area contributed by atoms with E-state index in [1.807, 2.05) is 0 Å². The number of hydrogen-bond acceptors (Lipinski definition) is 5. The number of phenols is 1. The summed E-state index contributed by atoms with van der Waals surface area (Å²) in [7, 11) is 1.37. The number of methoxy groups -OCH3 is 1. The van der Waals surface area contributed by atoms with Gasteiger partial charge in [-0.25, -0.2) is 4.79 Å². The van der Waals surface area contributed by atoms with E-state index in [0.717, 1.165) is 6.92 Å². The highest BCUT2D eigenvalue weighted by Crippen LogP contribution is 2.30. The van der Waals surface area contributed by atoms with Crippen molar-refractivity contribution >= 4 is 11.9 Å². The minimum Gasteiger partial charge on any atom is -0.504 e. The second-order valence-electron chi connectivity index (χ2n) is 3.26. The van der Waals surface area contributed by atoms with Crippen LogP contribution in [0.2, 0.25) is 0 Å². The number of carboxylic acids is 1. The Morgan fingerprint density at radius 1 is 1.35 bits per heavy atom.